The van der Waals surface area contributed by atoms with Crippen LogP contribution in [0.3, 0.4) is 0 Å². The van der Waals surface area contributed by atoms with Gasteiger partial charge in [-0.3, -0.25) is 4.79 Å². The third-order valence-corrected chi connectivity index (χ3v) is 3.54. The highest BCUT2D eigenvalue weighted by molar-refractivity contribution is 7.10. The molecule has 0 spiro atoms. The van der Waals surface area contributed by atoms with Crippen LogP contribution in [0.15, 0.2) is 29.6 Å². The Morgan fingerprint density at radius 3 is 2.62 bits per heavy atom. The summed E-state index contributed by atoms with van der Waals surface area (Å²) in [4.78, 5) is 12.8. The second-order valence-electron chi connectivity index (χ2n) is 4.14. The average Bonchev–Trinajstić information content (AvgIpc) is 2.88. The van der Waals surface area contributed by atoms with Crippen LogP contribution in [0.25, 0.3) is 0 Å². The van der Waals surface area contributed by atoms with Gasteiger partial charge in [-0.25, -0.2) is 0 Å². The molecule has 2 aromatic rings. The van der Waals surface area contributed by atoms with Gasteiger partial charge in [-0.2, -0.15) is 0 Å². The normalized spacial score (nSPS) is 9.76. The Balaban J connectivity index is 2.06. The molecule has 21 heavy (non-hydrogen) atoms. The van der Waals surface area contributed by atoms with E-state index in [1.807, 2.05) is 11.4 Å². The molecule has 0 fully saturated rings. The highest BCUT2D eigenvalue weighted by Crippen LogP contribution is 2.21. The topological polar surface area (TPSA) is 89.8 Å². The summed E-state index contributed by atoms with van der Waals surface area (Å²) in [5.74, 6) is 4.61. The molecule has 0 saturated heterocycles. The first-order valence-electron chi connectivity index (χ1n) is 6.07. The maximum absolute atomic E-state index is 12.0. The van der Waals surface area contributed by atoms with E-state index in [1.54, 1.807) is 0 Å². The van der Waals surface area contributed by atoms with Crippen LogP contribution in [0, 0.1) is 11.8 Å². The maximum Gasteiger partial charge on any atom is 0.251 e. The first-order valence-corrected chi connectivity index (χ1v) is 6.95. The molecule has 4 N–H and O–H groups in total. The Labute approximate surface area is 125 Å². The Morgan fingerprint density at radius 2 is 1.95 bits per heavy atom. The van der Waals surface area contributed by atoms with Crippen LogP contribution in [0.5, 0.6) is 11.5 Å². The summed E-state index contributed by atoms with van der Waals surface area (Å²) in [6.07, 6.45) is 0. The number of aliphatic hydroxyl groups excluding tert-OH is 1. The SMILES string of the molecule is O=C(NCc1sccc1C#CCO)c1cc(O)cc(O)c1. The molecule has 108 valence electrons. The number of amides is 1. The molecular weight excluding hydrogens is 290 g/mol. The molecule has 2 rings (SSSR count). The number of hydrogen-bond donors (Lipinski definition) is 4. The lowest BCUT2D eigenvalue weighted by molar-refractivity contribution is 0.0950. The minimum Gasteiger partial charge on any atom is -0.508 e. The molecule has 0 aliphatic heterocycles. The van der Waals surface area contributed by atoms with E-state index in [1.165, 1.54) is 23.5 Å². The Morgan fingerprint density at radius 1 is 1.24 bits per heavy atom. The molecule has 0 unspecified atom stereocenters. The number of aliphatic hydroxyl groups is 1. The number of phenols is 2. The van der Waals surface area contributed by atoms with E-state index >= 15 is 0 Å². The zero-order valence-corrected chi connectivity index (χ0v) is 11.8. The molecular formula is C15H13NO4S. The molecule has 0 atom stereocenters. The molecule has 0 radical (unpaired) electrons. The van der Waals surface area contributed by atoms with E-state index < -0.39 is 5.91 Å². The molecule has 1 amide bonds. The number of phenolic OH excluding ortho intramolecular Hbond substituents is 2. The lowest BCUT2D eigenvalue weighted by Gasteiger charge is -2.05. The molecule has 1 heterocycles. The summed E-state index contributed by atoms with van der Waals surface area (Å²) in [6.45, 7) is 0.0621. The predicted octanol–water partition coefficient (Wildman–Crippen LogP) is 1.43. The predicted molar refractivity (Wildman–Crippen MR) is 79.2 cm³/mol. The summed E-state index contributed by atoms with van der Waals surface area (Å²) in [6, 6.07) is 5.51. The van der Waals surface area contributed by atoms with Gasteiger partial charge in [0.1, 0.15) is 18.1 Å². The molecule has 1 aromatic carbocycles. The van der Waals surface area contributed by atoms with Crippen LogP contribution in [0.2, 0.25) is 0 Å². The van der Waals surface area contributed by atoms with Gasteiger partial charge < -0.3 is 20.6 Å². The van der Waals surface area contributed by atoms with Crippen molar-refractivity contribution in [1.29, 1.82) is 0 Å². The fraction of sp³-hybridized carbons (Fsp3) is 0.133. The second kappa shape index (κ2) is 6.79. The Bertz CT molecular complexity index is 692. The number of rotatable bonds is 3. The molecule has 0 saturated carbocycles. The number of aromatic hydroxyl groups is 2. The van der Waals surface area contributed by atoms with E-state index in [2.05, 4.69) is 17.2 Å². The van der Waals surface area contributed by atoms with E-state index in [0.29, 0.717) is 0 Å². The zero-order valence-electron chi connectivity index (χ0n) is 11.0. The van der Waals surface area contributed by atoms with Crippen molar-refractivity contribution in [3.8, 4) is 23.3 Å². The van der Waals surface area contributed by atoms with Gasteiger partial charge >= 0.3 is 0 Å². The summed E-state index contributed by atoms with van der Waals surface area (Å²) in [5.41, 5.74) is 0.931. The fourth-order valence-electron chi connectivity index (χ4n) is 1.71. The summed E-state index contributed by atoms with van der Waals surface area (Å²) < 4.78 is 0. The molecule has 5 nitrogen and oxygen atoms in total. The highest BCUT2D eigenvalue weighted by Gasteiger charge is 2.10. The Hall–Kier alpha value is -2.49. The zero-order chi connectivity index (χ0) is 15.2. The average molecular weight is 303 g/mol. The molecule has 6 heteroatoms. The van der Waals surface area contributed by atoms with Crippen LogP contribution >= 0.6 is 11.3 Å². The van der Waals surface area contributed by atoms with Crippen molar-refractivity contribution >= 4 is 17.2 Å². The lowest BCUT2D eigenvalue weighted by Crippen LogP contribution is -2.22. The lowest BCUT2D eigenvalue weighted by atomic mass is 10.2. The molecule has 1 aromatic heterocycles. The van der Waals surface area contributed by atoms with Crippen LogP contribution in [-0.4, -0.2) is 27.8 Å². The first-order chi connectivity index (χ1) is 10.1. The van der Waals surface area contributed by atoms with E-state index in [0.717, 1.165) is 16.5 Å². The van der Waals surface area contributed by atoms with Gasteiger partial charge in [0.05, 0.1) is 6.54 Å². The van der Waals surface area contributed by atoms with Gasteiger partial charge in [0.15, 0.2) is 0 Å². The third kappa shape index (κ3) is 3.99. The van der Waals surface area contributed by atoms with Crippen LogP contribution in [0.4, 0.5) is 0 Å². The third-order valence-electron chi connectivity index (χ3n) is 2.62. The van der Waals surface area contributed by atoms with E-state index in [9.17, 15) is 15.0 Å². The van der Waals surface area contributed by atoms with Gasteiger partial charge in [0.2, 0.25) is 0 Å². The maximum atomic E-state index is 12.0. The highest BCUT2D eigenvalue weighted by atomic mass is 32.1. The van der Waals surface area contributed by atoms with Crippen molar-refractivity contribution in [1.82, 2.24) is 5.32 Å². The number of hydrogen-bond acceptors (Lipinski definition) is 5. The minimum absolute atomic E-state index is 0.173. The number of carbonyl (C=O) groups excluding carboxylic acids is 1. The van der Waals surface area contributed by atoms with Crippen LogP contribution in [-0.2, 0) is 6.54 Å². The summed E-state index contributed by atoms with van der Waals surface area (Å²) in [7, 11) is 0. The standard InChI is InChI=1S/C15H13NO4S/c17-4-1-2-10-3-5-21-14(10)9-16-15(20)11-6-12(18)8-13(19)7-11/h3,5-8,17-19H,4,9H2,(H,16,20). The first kappa shape index (κ1) is 14.9. The quantitative estimate of drug-likeness (QED) is 0.646. The van der Waals surface area contributed by atoms with Crippen molar-refractivity contribution < 1.29 is 20.1 Å². The van der Waals surface area contributed by atoms with Gasteiger partial charge in [-0.05, 0) is 23.6 Å². The molecule has 0 bridgehead atoms. The van der Waals surface area contributed by atoms with Crippen molar-refractivity contribution in [2.45, 2.75) is 6.54 Å². The van der Waals surface area contributed by atoms with Crippen molar-refractivity contribution in [2.75, 3.05) is 6.61 Å². The number of nitrogens with one attached hydrogen (secondary N) is 1. The van der Waals surface area contributed by atoms with Gasteiger partial charge in [-0.15, -0.1) is 11.3 Å². The van der Waals surface area contributed by atoms with Gasteiger partial charge in [0.25, 0.3) is 5.91 Å². The minimum atomic E-state index is -0.407. The number of thiophene rings is 1. The van der Waals surface area contributed by atoms with E-state index in [-0.39, 0.29) is 30.2 Å². The van der Waals surface area contributed by atoms with Crippen molar-refractivity contribution in [3.05, 3.63) is 45.6 Å². The fourth-order valence-corrected chi connectivity index (χ4v) is 2.48. The second-order valence-corrected chi connectivity index (χ2v) is 5.14. The summed E-state index contributed by atoms with van der Waals surface area (Å²) in [5, 5.41) is 31.9. The smallest absolute Gasteiger partial charge is 0.251 e. The largest absolute Gasteiger partial charge is 0.508 e. The van der Waals surface area contributed by atoms with Crippen molar-refractivity contribution in [2.24, 2.45) is 0 Å². The number of carbonyl (C=O) groups is 1. The summed E-state index contributed by atoms with van der Waals surface area (Å²) >= 11 is 1.45. The molecule has 0 aliphatic rings. The van der Waals surface area contributed by atoms with Gasteiger partial charge in [-0.1, -0.05) is 11.8 Å². The van der Waals surface area contributed by atoms with Crippen LogP contribution in [0.1, 0.15) is 20.8 Å². The monoisotopic (exact) mass is 303 g/mol. The van der Waals surface area contributed by atoms with Gasteiger partial charge in [0, 0.05) is 22.1 Å². The number of benzene rings is 1. The molecule has 0 aliphatic carbocycles. The van der Waals surface area contributed by atoms with E-state index in [4.69, 9.17) is 5.11 Å². The van der Waals surface area contributed by atoms with Crippen LogP contribution < -0.4 is 5.32 Å². The Kier molecular flexibility index (Phi) is 4.82. The van der Waals surface area contributed by atoms with Crippen molar-refractivity contribution in [3.63, 3.8) is 0 Å².